The molecule has 17 heavy (non-hydrogen) atoms. The monoisotopic (exact) mass is 241 g/mol. The summed E-state index contributed by atoms with van der Waals surface area (Å²) in [6, 6.07) is 2.03. The molecule has 0 aromatic heterocycles. The highest BCUT2D eigenvalue weighted by molar-refractivity contribution is 5.90. The number of phenols is 1. The number of hydrogen-bond acceptors (Lipinski definition) is 5. The van der Waals surface area contributed by atoms with Crippen LogP contribution in [0.1, 0.15) is 0 Å². The molecule has 0 atom stereocenters. The smallest absolute Gasteiger partial charge is 0.316 e. The van der Waals surface area contributed by atoms with Crippen molar-refractivity contribution in [3.05, 3.63) is 12.1 Å². The van der Waals surface area contributed by atoms with Gasteiger partial charge < -0.3 is 31.3 Å². The van der Waals surface area contributed by atoms with Gasteiger partial charge in [0.05, 0.1) is 25.1 Å². The van der Waals surface area contributed by atoms with E-state index >= 15 is 0 Å². The van der Waals surface area contributed by atoms with Crippen LogP contribution >= 0.6 is 0 Å². The number of primary amides is 1. The highest BCUT2D eigenvalue weighted by atomic mass is 16.5. The minimum Gasteiger partial charge on any atom is -0.506 e. The average molecular weight is 241 g/mol. The number of rotatable bonds is 5. The number of aromatic hydroxyl groups is 1. The van der Waals surface area contributed by atoms with Crippen molar-refractivity contribution in [1.82, 2.24) is 0 Å². The van der Waals surface area contributed by atoms with Crippen LogP contribution in [0.2, 0.25) is 0 Å². The Kier molecular flexibility index (Phi) is 4.41. The molecule has 0 aliphatic carbocycles. The second-order valence-corrected chi connectivity index (χ2v) is 3.21. The van der Waals surface area contributed by atoms with Crippen molar-refractivity contribution >= 4 is 17.4 Å². The van der Waals surface area contributed by atoms with Crippen LogP contribution in [0.4, 0.5) is 16.2 Å². The molecule has 0 heterocycles. The van der Waals surface area contributed by atoms with Crippen LogP contribution < -0.4 is 21.1 Å². The van der Waals surface area contributed by atoms with Gasteiger partial charge in [-0.15, -0.1) is 0 Å². The van der Waals surface area contributed by atoms with Gasteiger partial charge in [-0.1, -0.05) is 0 Å². The van der Waals surface area contributed by atoms with Crippen LogP contribution in [-0.2, 0) is 0 Å². The number of aliphatic hydroxyl groups excluding tert-OH is 1. The fourth-order valence-electron chi connectivity index (χ4n) is 1.30. The Morgan fingerprint density at radius 3 is 2.71 bits per heavy atom. The predicted molar refractivity (Wildman–Crippen MR) is 63.4 cm³/mol. The van der Waals surface area contributed by atoms with Gasteiger partial charge in [0.2, 0.25) is 0 Å². The first-order chi connectivity index (χ1) is 8.08. The quantitative estimate of drug-likeness (QED) is 0.475. The van der Waals surface area contributed by atoms with Crippen molar-refractivity contribution in [3.8, 4) is 11.5 Å². The number of anilines is 2. The SMILES string of the molecule is COc1cc(NC(N)=O)c(O)cc1NCCO. The van der Waals surface area contributed by atoms with Gasteiger partial charge in [0.15, 0.2) is 0 Å². The third kappa shape index (κ3) is 3.42. The topological polar surface area (TPSA) is 117 Å². The molecular weight excluding hydrogens is 226 g/mol. The van der Waals surface area contributed by atoms with E-state index in [1.165, 1.54) is 19.2 Å². The molecule has 1 rings (SSSR count). The summed E-state index contributed by atoms with van der Waals surface area (Å²) in [5, 5.41) is 23.4. The molecule has 0 saturated carbocycles. The van der Waals surface area contributed by atoms with Crippen LogP contribution in [0.5, 0.6) is 11.5 Å². The van der Waals surface area contributed by atoms with Crippen molar-refractivity contribution in [2.24, 2.45) is 5.73 Å². The number of aliphatic hydroxyl groups is 1. The highest BCUT2D eigenvalue weighted by Gasteiger charge is 2.10. The number of amides is 2. The van der Waals surface area contributed by atoms with Gasteiger partial charge in [0.25, 0.3) is 0 Å². The van der Waals surface area contributed by atoms with E-state index in [0.717, 1.165) is 0 Å². The number of ether oxygens (including phenoxy) is 1. The number of nitrogens with one attached hydrogen (secondary N) is 2. The van der Waals surface area contributed by atoms with Gasteiger partial charge in [-0.2, -0.15) is 0 Å². The Morgan fingerprint density at radius 1 is 1.47 bits per heavy atom. The lowest BCUT2D eigenvalue weighted by atomic mass is 10.2. The zero-order valence-corrected chi connectivity index (χ0v) is 9.36. The lowest BCUT2D eigenvalue weighted by Gasteiger charge is -2.13. The number of carbonyl (C=O) groups is 1. The molecule has 0 bridgehead atoms. The maximum absolute atomic E-state index is 10.7. The largest absolute Gasteiger partial charge is 0.506 e. The van der Waals surface area contributed by atoms with Crippen LogP contribution in [0, 0.1) is 0 Å². The maximum atomic E-state index is 10.7. The standard InChI is InChI=1S/C10H15N3O4/c1-17-9-5-6(13-10(11)16)8(15)4-7(9)12-2-3-14/h4-5,12,14-15H,2-3H2,1H3,(H3,11,13,16). The number of urea groups is 1. The van der Waals surface area contributed by atoms with Crippen LogP contribution in [0.3, 0.4) is 0 Å². The highest BCUT2D eigenvalue weighted by Crippen LogP contribution is 2.35. The third-order valence-corrected chi connectivity index (χ3v) is 2.00. The fraction of sp³-hybridized carbons (Fsp3) is 0.300. The maximum Gasteiger partial charge on any atom is 0.316 e. The predicted octanol–water partition coefficient (Wildman–Crippen LogP) is 0.296. The van der Waals surface area contributed by atoms with Gasteiger partial charge in [0, 0.05) is 18.7 Å². The Balaban J connectivity index is 3.01. The van der Waals surface area contributed by atoms with Gasteiger partial charge >= 0.3 is 6.03 Å². The molecule has 0 spiro atoms. The minimum atomic E-state index is -0.779. The number of methoxy groups -OCH3 is 1. The van der Waals surface area contributed by atoms with E-state index in [1.807, 2.05) is 0 Å². The molecule has 7 nitrogen and oxygen atoms in total. The molecule has 0 unspecified atom stereocenters. The summed E-state index contributed by atoms with van der Waals surface area (Å²) in [6.45, 7) is 0.267. The molecule has 7 heteroatoms. The van der Waals surface area contributed by atoms with E-state index in [0.29, 0.717) is 18.0 Å². The second kappa shape index (κ2) is 5.80. The van der Waals surface area contributed by atoms with Crippen molar-refractivity contribution in [3.63, 3.8) is 0 Å². The van der Waals surface area contributed by atoms with Crippen LogP contribution in [0.25, 0.3) is 0 Å². The number of benzene rings is 1. The lowest BCUT2D eigenvalue weighted by Crippen LogP contribution is -2.19. The second-order valence-electron chi connectivity index (χ2n) is 3.21. The van der Waals surface area contributed by atoms with E-state index in [4.69, 9.17) is 15.6 Å². The molecule has 0 aliphatic heterocycles. The Morgan fingerprint density at radius 2 is 2.18 bits per heavy atom. The zero-order valence-electron chi connectivity index (χ0n) is 9.36. The average Bonchev–Trinajstić information content (AvgIpc) is 2.28. The van der Waals surface area contributed by atoms with E-state index in [2.05, 4.69) is 10.6 Å². The summed E-state index contributed by atoms with van der Waals surface area (Å²) in [6.07, 6.45) is 0. The Hall–Kier alpha value is -2.15. The van der Waals surface area contributed by atoms with E-state index < -0.39 is 6.03 Å². The van der Waals surface area contributed by atoms with Crippen molar-refractivity contribution in [2.45, 2.75) is 0 Å². The summed E-state index contributed by atoms with van der Waals surface area (Å²) < 4.78 is 5.07. The van der Waals surface area contributed by atoms with Crippen LogP contribution in [0.15, 0.2) is 12.1 Å². The van der Waals surface area contributed by atoms with Crippen molar-refractivity contribution < 1.29 is 19.7 Å². The molecule has 0 saturated heterocycles. The first-order valence-corrected chi connectivity index (χ1v) is 4.90. The molecule has 0 aliphatic rings. The van der Waals surface area contributed by atoms with Crippen LogP contribution in [-0.4, -0.2) is 36.5 Å². The normalized spacial score (nSPS) is 9.76. The summed E-state index contributed by atoms with van der Waals surface area (Å²) in [5.74, 6) is 0.269. The third-order valence-electron chi connectivity index (χ3n) is 2.00. The number of hydrogen-bond donors (Lipinski definition) is 5. The molecule has 0 fully saturated rings. The zero-order chi connectivity index (χ0) is 12.8. The molecule has 2 amide bonds. The van der Waals surface area contributed by atoms with Gasteiger partial charge in [0.1, 0.15) is 11.5 Å². The fourth-order valence-corrected chi connectivity index (χ4v) is 1.30. The Labute approximate surface area is 98.2 Å². The summed E-state index contributed by atoms with van der Waals surface area (Å²) in [5.41, 5.74) is 5.62. The van der Waals surface area contributed by atoms with Crippen molar-refractivity contribution in [1.29, 1.82) is 0 Å². The first kappa shape index (κ1) is 12.9. The Bertz CT molecular complexity index is 409. The summed E-state index contributed by atoms with van der Waals surface area (Å²) in [7, 11) is 1.45. The van der Waals surface area contributed by atoms with E-state index in [1.54, 1.807) is 0 Å². The molecular formula is C10H15N3O4. The summed E-state index contributed by atoms with van der Waals surface area (Å²) in [4.78, 5) is 10.7. The number of carbonyl (C=O) groups excluding carboxylic acids is 1. The molecule has 0 radical (unpaired) electrons. The van der Waals surface area contributed by atoms with Gasteiger partial charge in [-0.05, 0) is 0 Å². The molecule has 94 valence electrons. The lowest BCUT2D eigenvalue weighted by molar-refractivity contribution is 0.259. The molecule has 6 N–H and O–H groups in total. The number of phenolic OH excluding ortho intramolecular Hbond substituents is 1. The van der Waals surface area contributed by atoms with E-state index in [9.17, 15) is 9.90 Å². The van der Waals surface area contributed by atoms with Gasteiger partial charge in [-0.3, -0.25) is 0 Å². The number of nitrogens with two attached hydrogens (primary N) is 1. The van der Waals surface area contributed by atoms with Gasteiger partial charge in [-0.25, -0.2) is 4.79 Å². The molecule has 1 aromatic carbocycles. The first-order valence-electron chi connectivity index (χ1n) is 4.90. The summed E-state index contributed by atoms with van der Waals surface area (Å²) >= 11 is 0. The van der Waals surface area contributed by atoms with Crippen molar-refractivity contribution in [2.75, 3.05) is 30.9 Å². The minimum absolute atomic E-state index is 0.0504. The molecule has 1 aromatic rings. The van der Waals surface area contributed by atoms with E-state index in [-0.39, 0.29) is 18.0 Å².